The van der Waals surface area contributed by atoms with E-state index >= 15 is 0 Å². The molecule has 1 N–H and O–H groups in total. The molecule has 0 heterocycles. The summed E-state index contributed by atoms with van der Waals surface area (Å²) < 4.78 is 10.3. The average molecular weight is 303 g/mol. The first-order chi connectivity index (χ1) is 10.6. The van der Waals surface area contributed by atoms with E-state index in [4.69, 9.17) is 9.47 Å². The smallest absolute Gasteiger partial charge is 0.338 e. The van der Waals surface area contributed by atoms with Gasteiger partial charge < -0.3 is 14.6 Å². The van der Waals surface area contributed by atoms with Crippen LogP contribution in [-0.2, 0) is 4.74 Å². The number of esters is 1. The summed E-state index contributed by atoms with van der Waals surface area (Å²) in [5, 5.41) is 20.0. The van der Waals surface area contributed by atoms with Gasteiger partial charge in [0.25, 0.3) is 0 Å². The van der Waals surface area contributed by atoms with Gasteiger partial charge in [-0.15, -0.1) is 0 Å². The normalized spacial score (nSPS) is 10.0. The lowest BCUT2D eigenvalue weighted by Gasteiger charge is -2.07. The lowest BCUT2D eigenvalue weighted by Crippen LogP contribution is -2.12. The fourth-order valence-electron chi connectivity index (χ4n) is 1.70. The number of para-hydroxylation sites is 1. The van der Waals surface area contributed by atoms with Crippen molar-refractivity contribution in [3.8, 4) is 11.5 Å². The van der Waals surface area contributed by atoms with Gasteiger partial charge in [-0.1, -0.05) is 18.2 Å². The molecule has 2 rings (SSSR count). The second-order valence-corrected chi connectivity index (χ2v) is 4.26. The molecule has 0 amide bonds. The lowest BCUT2D eigenvalue weighted by molar-refractivity contribution is -0.385. The predicted octanol–water partition coefficient (Wildman–Crippen LogP) is 2.54. The molecule has 0 saturated carbocycles. The highest BCUT2D eigenvalue weighted by Crippen LogP contribution is 2.26. The number of nitro benzene ring substituents is 1. The standard InChI is InChI=1S/C15H13NO6/c17-14-10-11(6-7-13(14)16(19)20)15(18)22-9-8-21-12-4-2-1-3-5-12/h1-7,10,17H,8-9H2. The number of benzene rings is 2. The first-order valence-corrected chi connectivity index (χ1v) is 6.40. The molecule has 0 saturated heterocycles. The Labute approximate surface area is 125 Å². The molecular formula is C15H13NO6. The Morgan fingerprint density at radius 2 is 1.86 bits per heavy atom. The maximum absolute atomic E-state index is 11.7. The Morgan fingerprint density at radius 3 is 2.50 bits per heavy atom. The van der Waals surface area contributed by atoms with E-state index in [0.717, 1.165) is 12.1 Å². The van der Waals surface area contributed by atoms with Crippen molar-refractivity contribution in [1.82, 2.24) is 0 Å². The molecule has 0 atom stereocenters. The summed E-state index contributed by atoms with van der Waals surface area (Å²) >= 11 is 0. The van der Waals surface area contributed by atoms with Crippen LogP contribution in [0.5, 0.6) is 11.5 Å². The molecule has 0 spiro atoms. The van der Waals surface area contributed by atoms with Crippen molar-refractivity contribution < 1.29 is 24.3 Å². The molecule has 7 nitrogen and oxygen atoms in total. The molecule has 0 aliphatic heterocycles. The second kappa shape index (κ2) is 7.07. The summed E-state index contributed by atoms with van der Waals surface area (Å²) in [6.45, 7) is 0.195. The summed E-state index contributed by atoms with van der Waals surface area (Å²) in [6, 6.07) is 12.3. The van der Waals surface area contributed by atoms with Crippen molar-refractivity contribution in [2.24, 2.45) is 0 Å². The molecule has 0 aliphatic carbocycles. The zero-order chi connectivity index (χ0) is 15.9. The topological polar surface area (TPSA) is 98.9 Å². The molecule has 22 heavy (non-hydrogen) atoms. The Morgan fingerprint density at radius 1 is 1.14 bits per heavy atom. The number of phenolic OH excluding ortho intramolecular Hbond substituents is 1. The van der Waals surface area contributed by atoms with Crippen LogP contribution in [0.2, 0.25) is 0 Å². The molecule has 7 heteroatoms. The number of ether oxygens (including phenoxy) is 2. The van der Waals surface area contributed by atoms with Gasteiger partial charge in [0.05, 0.1) is 10.5 Å². The number of carbonyl (C=O) groups excluding carboxylic acids is 1. The minimum Gasteiger partial charge on any atom is -0.502 e. The van der Waals surface area contributed by atoms with Crippen molar-refractivity contribution in [1.29, 1.82) is 0 Å². The van der Waals surface area contributed by atoms with Gasteiger partial charge >= 0.3 is 11.7 Å². The van der Waals surface area contributed by atoms with Gasteiger partial charge in [-0.25, -0.2) is 4.79 Å². The molecule has 0 radical (unpaired) electrons. The zero-order valence-electron chi connectivity index (χ0n) is 11.5. The van der Waals surface area contributed by atoms with Gasteiger partial charge in [-0.2, -0.15) is 0 Å². The van der Waals surface area contributed by atoms with Crippen LogP contribution < -0.4 is 4.74 Å². The SMILES string of the molecule is O=C(OCCOc1ccccc1)c1ccc([N+](=O)[O-])c(O)c1. The maximum Gasteiger partial charge on any atom is 0.338 e. The third-order valence-electron chi connectivity index (χ3n) is 2.74. The van der Waals surface area contributed by atoms with E-state index in [2.05, 4.69) is 0 Å². The Hall–Kier alpha value is -3.09. The van der Waals surface area contributed by atoms with Crippen LogP contribution in [0.4, 0.5) is 5.69 Å². The fourth-order valence-corrected chi connectivity index (χ4v) is 1.70. The molecule has 2 aromatic rings. The monoisotopic (exact) mass is 303 g/mol. The number of nitrogens with zero attached hydrogens (tertiary/aromatic N) is 1. The number of phenols is 1. The van der Waals surface area contributed by atoms with Gasteiger partial charge in [-0.05, 0) is 18.2 Å². The van der Waals surface area contributed by atoms with Crippen LogP contribution in [0.3, 0.4) is 0 Å². The number of hydrogen-bond acceptors (Lipinski definition) is 6. The Bertz CT molecular complexity index is 671. The van der Waals surface area contributed by atoms with E-state index in [1.165, 1.54) is 6.07 Å². The van der Waals surface area contributed by atoms with Crippen molar-refractivity contribution in [2.75, 3.05) is 13.2 Å². The van der Waals surface area contributed by atoms with Crippen molar-refractivity contribution in [2.45, 2.75) is 0 Å². The minimum absolute atomic E-state index is 0.0193. The van der Waals surface area contributed by atoms with Crippen LogP contribution in [0.15, 0.2) is 48.5 Å². The average Bonchev–Trinajstić information content (AvgIpc) is 2.52. The first kappa shape index (κ1) is 15.3. The minimum atomic E-state index is -0.738. The molecule has 114 valence electrons. The molecule has 0 unspecified atom stereocenters. The summed E-state index contributed by atoms with van der Waals surface area (Å²) in [5.41, 5.74) is -0.438. The van der Waals surface area contributed by atoms with Gasteiger partial charge in [0, 0.05) is 12.1 Å². The van der Waals surface area contributed by atoms with Crippen LogP contribution >= 0.6 is 0 Å². The maximum atomic E-state index is 11.7. The van der Waals surface area contributed by atoms with Crippen LogP contribution in [0, 0.1) is 10.1 Å². The zero-order valence-corrected chi connectivity index (χ0v) is 11.5. The van der Waals surface area contributed by atoms with Gasteiger partial charge in [0.2, 0.25) is 0 Å². The largest absolute Gasteiger partial charge is 0.502 e. The number of nitro groups is 1. The second-order valence-electron chi connectivity index (χ2n) is 4.26. The molecule has 0 aliphatic rings. The highest BCUT2D eigenvalue weighted by atomic mass is 16.6. The quantitative estimate of drug-likeness (QED) is 0.381. The van der Waals surface area contributed by atoms with E-state index in [-0.39, 0.29) is 18.8 Å². The van der Waals surface area contributed by atoms with Crippen molar-refractivity contribution >= 4 is 11.7 Å². The van der Waals surface area contributed by atoms with E-state index in [1.54, 1.807) is 12.1 Å². The van der Waals surface area contributed by atoms with Gasteiger partial charge in [0.1, 0.15) is 19.0 Å². The van der Waals surface area contributed by atoms with E-state index in [1.807, 2.05) is 18.2 Å². The molecular weight excluding hydrogens is 290 g/mol. The third kappa shape index (κ3) is 3.95. The molecule has 0 fully saturated rings. The number of aromatic hydroxyl groups is 1. The van der Waals surface area contributed by atoms with Crippen molar-refractivity contribution in [3.05, 3.63) is 64.2 Å². The van der Waals surface area contributed by atoms with Crippen molar-refractivity contribution in [3.63, 3.8) is 0 Å². The van der Waals surface area contributed by atoms with Crippen LogP contribution in [-0.4, -0.2) is 29.2 Å². The van der Waals surface area contributed by atoms with Gasteiger partial charge in [-0.3, -0.25) is 10.1 Å². The summed E-state index contributed by atoms with van der Waals surface area (Å²) in [7, 11) is 0. The summed E-state index contributed by atoms with van der Waals surface area (Å²) in [4.78, 5) is 21.6. The first-order valence-electron chi connectivity index (χ1n) is 6.40. The molecule has 2 aromatic carbocycles. The van der Waals surface area contributed by atoms with E-state index in [9.17, 15) is 20.0 Å². The number of rotatable bonds is 6. The predicted molar refractivity (Wildman–Crippen MR) is 77.0 cm³/mol. The lowest BCUT2D eigenvalue weighted by atomic mass is 10.2. The highest BCUT2D eigenvalue weighted by molar-refractivity contribution is 5.90. The molecule has 0 bridgehead atoms. The number of hydrogen-bond donors (Lipinski definition) is 1. The third-order valence-corrected chi connectivity index (χ3v) is 2.74. The highest BCUT2D eigenvalue weighted by Gasteiger charge is 2.16. The van der Waals surface area contributed by atoms with Crippen LogP contribution in [0.25, 0.3) is 0 Å². The Kier molecular flexibility index (Phi) is 4.92. The van der Waals surface area contributed by atoms with E-state index in [0.29, 0.717) is 5.75 Å². The van der Waals surface area contributed by atoms with Gasteiger partial charge in [0.15, 0.2) is 5.75 Å². The summed E-state index contributed by atoms with van der Waals surface area (Å²) in [6.07, 6.45) is 0. The van der Waals surface area contributed by atoms with E-state index < -0.39 is 22.3 Å². The van der Waals surface area contributed by atoms with Crippen LogP contribution in [0.1, 0.15) is 10.4 Å². The Balaban J connectivity index is 1.85. The number of carbonyl (C=O) groups is 1. The fraction of sp³-hybridized carbons (Fsp3) is 0.133. The summed E-state index contributed by atoms with van der Waals surface area (Å²) in [5.74, 6) is -0.617. The molecule has 0 aromatic heterocycles.